The summed E-state index contributed by atoms with van der Waals surface area (Å²) in [5.74, 6) is -1.20. The van der Waals surface area contributed by atoms with E-state index in [-0.39, 0.29) is 11.8 Å². The van der Waals surface area contributed by atoms with E-state index in [1.165, 1.54) is 12.1 Å². The summed E-state index contributed by atoms with van der Waals surface area (Å²) in [6, 6.07) is 3.35. The van der Waals surface area contributed by atoms with Crippen molar-refractivity contribution in [3.05, 3.63) is 35.4 Å². The molecule has 0 bridgehead atoms. The summed E-state index contributed by atoms with van der Waals surface area (Å²) in [6.07, 6.45) is 0.318. The Morgan fingerprint density at radius 1 is 1.12 bits per heavy atom. The Bertz CT molecular complexity index is 335. The Balaban J connectivity index is 2.66. The normalized spacial score (nSPS) is 13.9. The van der Waals surface area contributed by atoms with Gasteiger partial charge in [0, 0.05) is 6.07 Å². The minimum Gasteiger partial charge on any atom is -0.393 e. The lowest BCUT2D eigenvalue weighted by Crippen LogP contribution is -2.19. The molecule has 0 aliphatic carbocycles. The molecule has 0 saturated carbocycles. The Morgan fingerprint density at radius 2 is 1.62 bits per heavy atom. The van der Waals surface area contributed by atoms with Crippen molar-refractivity contribution < 1.29 is 13.9 Å². The second-order valence-corrected chi connectivity index (χ2v) is 5.40. The van der Waals surface area contributed by atoms with Gasteiger partial charge in [0.1, 0.15) is 11.6 Å². The van der Waals surface area contributed by atoms with E-state index in [2.05, 4.69) is 0 Å². The Kier molecular flexibility index (Phi) is 4.03. The van der Waals surface area contributed by atoms with Crippen LogP contribution < -0.4 is 0 Å². The highest BCUT2D eigenvalue weighted by Gasteiger charge is 2.17. The van der Waals surface area contributed by atoms with Crippen molar-refractivity contribution in [2.45, 2.75) is 39.7 Å². The number of aliphatic hydroxyl groups excluding tert-OH is 1. The van der Waals surface area contributed by atoms with E-state index in [9.17, 15) is 13.9 Å². The van der Waals surface area contributed by atoms with E-state index in [0.29, 0.717) is 12.0 Å². The maximum atomic E-state index is 12.9. The molecular formula is C13H18F2O. The molecule has 0 fully saturated rings. The van der Waals surface area contributed by atoms with Crippen molar-refractivity contribution in [3.63, 3.8) is 0 Å². The predicted molar refractivity (Wildman–Crippen MR) is 60.1 cm³/mol. The van der Waals surface area contributed by atoms with Gasteiger partial charge in [0.25, 0.3) is 0 Å². The van der Waals surface area contributed by atoms with Gasteiger partial charge >= 0.3 is 0 Å². The molecule has 90 valence electrons. The highest BCUT2D eigenvalue weighted by molar-refractivity contribution is 5.18. The third kappa shape index (κ3) is 4.71. The molecule has 1 N–H and O–H groups in total. The molecule has 0 aromatic heterocycles. The number of rotatable bonds is 3. The molecule has 1 atom stereocenters. The zero-order chi connectivity index (χ0) is 12.3. The minimum absolute atomic E-state index is 0.00524. The minimum atomic E-state index is -0.599. The fourth-order valence-electron chi connectivity index (χ4n) is 1.78. The van der Waals surface area contributed by atoms with Crippen molar-refractivity contribution in [1.29, 1.82) is 0 Å². The van der Waals surface area contributed by atoms with E-state index >= 15 is 0 Å². The van der Waals surface area contributed by atoms with Gasteiger partial charge in [-0.2, -0.15) is 0 Å². The average Bonchev–Trinajstić information content (AvgIpc) is 1.96. The maximum absolute atomic E-state index is 12.9. The van der Waals surface area contributed by atoms with Gasteiger partial charge in [0.05, 0.1) is 6.10 Å². The second-order valence-electron chi connectivity index (χ2n) is 5.40. The van der Waals surface area contributed by atoms with Crippen molar-refractivity contribution in [3.8, 4) is 0 Å². The van der Waals surface area contributed by atoms with Gasteiger partial charge in [0.15, 0.2) is 0 Å². The van der Waals surface area contributed by atoms with E-state index in [0.717, 1.165) is 6.07 Å². The molecule has 0 aliphatic heterocycles. The first-order valence-corrected chi connectivity index (χ1v) is 5.39. The van der Waals surface area contributed by atoms with Crippen LogP contribution in [0.5, 0.6) is 0 Å². The van der Waals surface area contributed by atoms with E-state index in [1.54, 1.807) is 0 Å². The van der Waals surface area contributed by atoms with Gasteiger partial charge in [-0.15, -0.1) is 0 Å². The van der Waals surface area contributed by atoms with Crippen LogP contribution in [0.15, 0.2) is 18.2 Å². The van der Waals surface area contributed by atoms with Gasteiger partial charge in [-0.3, -0.25) is 0 Å². The fraction of sp³-hybridized carbons (Fsp3) is 0.538. The van der Waals surface area contributed by atoms with Crippen LogP contribution >= 0.6 is 0 Å². The third-order valence-corrected chi connectivity index (χ3v) is 2.24. The van der Waals surface area contributed by atoms with Gasteiger partial charge in [-0.1, -0.05) is 20.8 Å². The summed E-state index contributed by atoms with van der Waals surface area (Å²) in [7, 11) is 0. The first-order valence-electron chi connectivity index (χ1n) is 5.39. The van der Waals surface area contributed by atoms with Crippen molar-refractivity contribution in [1.82, 2.24) is 0 Å². The SMILES string of the molecule is CC(C)(C)CC(O)Cc1cc(F)cc(F)c1. The summed E-state index contributed by atoms with van der Waals surface area (Å²) in [4.78, 5) is 0. The average molecular weight is 228 g/mol. The number of hydrogen-bond donors (Lipinski definition) is 1. The molecule has 0 heterocycles. The van der Waals surface area contributed by atoms with Crippen LogP contribution in [0.25, 0.3) is 0 Å². The van der Waals surface area contributed by atoms with Crippen molar-refractivity contribution >= 4 is 0 Å². The van der Waals surface area contributed by atoms with Gasteiger partial charge in [0.2, 0.25) is 0 Å². The number of aliphatic hydroxyl groups is 1. The fourth-order valence-corrected chi connectivity index (χ4v) is 1.78. The summed E-state index contributed by atoms with van der Waals surface area (Å²) in [5.41, 5.74) is 0.500. The molecule has 16 heavy (non-hydrogen) atoms. The van der Waals surface area contributed by atoms with Gasteiger partial charge in [-0.05, 0) is 36.0 Å². The monoisotopic (exact) mass is 228 g/mol. The summed E-state index contributed by atoms with van der Waals surface area (Å²) < 4.78 is 25.8. The third-order valence-electron chi connectivity index (χ3n) is 2.24. The highest BCUT2D eigenvalue weighted by atomic mass is 19.1. The largest absolute Gasteiger partial charge is 0.393 e. The molecule has 0 spiro atoms. The first kappa shape index (κ1) is 13.1. The van der Waals surface area contributed by atoms with Crippen LogP contribution in [0.2, 0.25) is 0 Å². The van der Waals surface area contributed by atoms with Crippen LogP contribution in [0, 0.1) is 17.0 Å². The van der Waals surface area contributed by atoms with Gasteiger partial charge < -0.3 is 5.11 Å². The molecule has 0 saturated heterocycles. The van der Waals surface area contributed by atoms with Crippen LogP contribution in [0.3, 0.4) is 0 Å². The van der Waals surface area contributed by atoms with E-state index < -0.39 is 17.7 Å². The van der Waals surface area contributed by atoms with Crippen molar-refractivity contribution in [2.24, 2.45) is 5.41 Å². The molecule has 0 aliphatic rings. The lowest BCUT2D eigenvalue weighted by Gasteiger charge is -2.22. The molecule has 1 aromatic rings. The maximum Gasteiger partial charge on any atom is 0.126 e. The Hall–Kier alpha value is -0.960. The zero-order valence-electron chi connectivity index (χ0n) is 9.93. The topological polar surface area (TPSA) is 20.2 Å². The predicted octanol–water partition coefficient (Wildman–Crippen LogP) is 3.30. The summed E-state index contributed by atoms with van der Waals surface area (Å²) >= 11 is 0. The molecule has 0 radical (unpaired) electrons. The Labute approximate surface area is 95.1 Å². The van der Waals surface area contributed by atoms with Crippen LogP contribution in [-0.4, -0.2) is 11.2 Å². The second kappa shape index (κ2) is 4.91. The standard InChI is InChI=1S/C13H18F2O/c1-13(2,3)8-12(16)6-9-4-10(14)7-11(15)5-9/h4-5,7,12,16H,6,8H2,1-3H3. The van der Waals surface area contributed by atoms with Gasteiger partial charge in [-0.25, -0.2) is 8.78 Å². The van der Waals surface area contributed by atoms with Crippen molar-refractivity contribution in [2.75, 3.05) is 0 Å². The first-order chi connectivity index (χ1) is 7.26. The molecule has 1 rings (SSSR count). The quantitative estimate of drug-likeness (QED) is 0.841. The van der Waals surface area contributed by atoms with Crippen LogP contribution in [0.1, 0.15) is 32.8 Å². The smallest absolute Gasteiger partial charge is 0.126 e. The highest BCUT2D eigenvalue weighted by Crippen LogP contribution is 2.22. The number of benzene rings is 1. The van der Waals surface area contributed by atoms with E-state index in [1.807, 2.05) is 20.8 Å². The Morgan fingerprint density at radius 3 is 2.06 bits per heavy atom. The lowest BCUT2D eigenvalue weighted by molar-refractivity contribution is 0.121. The summed E-state index contributed by atoms with van der Waals surface area (Å²) in [5, 5.41) is 9.78. The number of hydrogen-bond acceptors (Lipinski definition) is 1. The summed E-state index contributed by atoms with van der Waals surface area (Å²) in [6.45, 7) is 6.05. The van der Waals surface area contributed by atoms with Crippen LogP contribution in [-0.2, 0) is 6.42 Å². The molecule has 1 unspecified atom stereocenters. The van der Waals surface area contributed by atoms with E-state index in [4.69, 9.17) is 0 Å². The molecular weight excluding hydrogens is 210 g/mol. The number of halogens is 2. The molecule has 0 amide bonds. The molecule has 1 nitrogen and oxygen atoms in total. The van der Waals surface area contributed by atoms with Crippen LogP contribution in [0.4, 0.5) is 8.78 Å². The zero-order valence-corrected chi connectivity index (χ0v) is 9.93. The molecule has 3 heteroatoms. The molecule has 1 aromatic carbocycles. The lowest BCUT2D eigenvalue weighted by atomic mass is 9.87.